The Morgan fingerprint density at radius 1 is 1.40 bits per heavy atom. The molecule has 2 saturated heterocycles. The Balaban J connectivity index is 1.91. The predicted molar refractivity (Wildman–Crippen MR) is 62.1 cm³/mol. The Hall–Kier alpha value is -0.120. The molecule has 0 aromatic heterocycles. The molecule has 0 bridgehead atoms. The highest BCUT2D eigenvalue weighted by molar-refractivity contribution is 4.88. The van der Waals surface area contributed by atoms with Crippen LogP contribution in [0.15, 0.2) is 0 Å². The molecule has 0 aliphatic carbocycles. The smallest absolute Gasteiger partial charge is 0.0666 e. The third-order valence-electron chi connectivity index (χ3n) is 3.98. The van der Waals surface area contributed by atoms with Crippen molar-refractivity contribution in [1.29, 1.82) is 0 Å². The van der Waals surface area contributed by atoms with Crippen LogP contribution in [-0.2, 0) is 4.74 Å². The first kappa shape index (κ1) is 11.4. The van der Waals surface area contributed by atoms with E-state index in [1.165, 1.54) is 25.9 Å². The number of hydrogen-bond donors (Lipinski definition) is 1. The van der Waals surface area contributed by atoms with Gasteiger partial charge in [0, 0.05) is 38.8 Å². The van der Waals surface area contributed by atoms with E-state index >= 15 is 0 Å². The summed E-state index contributed by atoms with van der Waals surface area (Å²) in [4.78, 5) is 2.65. The van der Waals surface area contributed by atoms with Crippen molar-refractivity contribution < 1.29 is 4.74 Å². The molecule has 2 atom stereocenters. The Morgan fingerprint density at radius 3 is 2.80 bits per heavy atom. The van der Waals surface area contributed by atoms with E-state index in [0.717, 1.165) is 32.2 Å². The fourth-order valence-electron chi connectivity index (χ4n) is 2.71. The van der Waals surface area contributed by atoms with Crippen LogP contribution in [0.2, 0.25) is 0 Å². The first-order valence-corrected chi connectivity index (χ1v) is 6.32. The summed E-state index contributed by atoms with van der Waals surface area (Å²) >= 11 is 0. The van der Waals surface area contributed by atoms with Crippen LogP contribution in [0, 0.1) is 0 Å². The van der Waals surface area contributed by atoms with Gasteiger partial charge in [0.25, 0.3) is 0 Å². The van der Waals surface area contributed by atoms with Gasteiger partial charge in [0.2, 0.25) is 0 Å². The minimum atomic E-state index is 0.133. The molecule has 2 heterocycles. The van der Waals surface area contributed by atoms with Gasteiger partial charge in [0.15, 0.2) is 0 Å². The summed E-state index contributed by atoms with van der Waals surface area (Å²) in [5, 5.41) is 3.42. The topological polar surface area (TPSA) is 24.5 Å². The van der Waals surface area contributed by atoms with Gasteiger partial charge in [-0.3, -0.25) is 4.90 Å². The summed E-state index contributed by atoms with van der Waals surface area (Å²) in [6.07, 6.45) is 3.56. The average molecular weight is 212 g/mol. The van der Waals surface area contributed by atoms with Crippen LogP contribution < -0.4 is 5.32 Å². The van der Waals surface area contributed by atoms with E-state index in [2.05, 4.69) is 24.1 Å². The third kappa shape index (κ3) is 2.71. The second kappa shape index (κ2) is 4.81. The average Bonchev–Trinajstić information content (AvgIpc) is 2.30. The van der Waals surface area contributed by atoms with Crippen LogP contribution in [0.5, 0.6) is 0 Å². The van der Waals surface area contributed by atoms with Gasteiger partial charge in [-0.15, -0.1) is 0 Å². The molecule has 3 heteroatoms. The highest BCUT2D eigenvalue weighted by atomic mass is 16.5. The highest BCUT2D eigenvalue weighted by Gasteiger charge is 2.34. The zero-order valence-electron chi connectivity index (χ0n) is 10.1. The van der Waals surface area contributed by atoms with Crippen LogP contribution in [0.25, 0.3) is 0 Å². The first-order valence-electron chi connectivity index (χ1n) is 6.32. The molecule has 0 radical (unpaired) electrons. The zero-order valence-corrected chi connectivity index (χ0v) is 10.1. The van der Waals surface area contributed by atoms with Gasteiger partial charge in [-0.1, -0.05) is 6.92 Å². The maximum atomic E-state index is 5.89. The maximum absolute atomic E-state index is 5.89. The van der Waals surface area contributed by atoms with E-state index in [1.54, 1.807) is 0 Å². The lowest BCUT2D eigenvalue weighted by Crippen LogP contribution is -2.53. The summed E-state index contributed by atoms with van der Waals surface area (Å²) in [5.41, 5.74) is 0.133. The molecule has 1 N–H and O–H groups in total. The molecule has 2 aliphatic rings. The molecular formula is C12H24N2O. The second-order valence-corrected chi connectivity index (χ2v) is 5.08. The zero-order chi connectivity index (χ0) is 10.7. The van der Waals surface area contributed by atoms with Crippen LogP contribution in [0.3, 0.4) is 0 Å². The standard InChI is InChI=1S/C12H24N2O/c1-3-12(2)10-11(4-9-15-12)14-7-5-13-6-8-14/h11,13H,3-10H2,1-2H3. The van der Waals surface area contributed by atoms with Gasteiger partial charge in [-0.05, 0) is 26.2 Å². The van der Waals surface area contributed by atoms with Crippen molar-refractivity contribution in [3.63, 3.8) is 0 Å². The van der Waals surface area contributed by atoms with Crippen molar-refractivity contribution in [2.24, 2.45) is 0 Å². The molecule has 2 unspecified atom stereocenters. The van der Waals surface area contributed by atoms with Crippen LogP contribution in [0.4, 0.5) is 0 Å². The van der Waals surface area contributed by atoms with E-state index in [-0.39, 0.29) is 5.60 Å². The largest absolute Gasteiger partial charge is 0.375 e. The Bertz CT molecular complexity index is 204. The van der Waals surface area contributed by atoms with Crippen molar-refractivity contribution >= 4 is 0 Å². The van der Waals surface area contributed by atoms with Gasteiger partial charge in [-0.2, -0.15) is 0 Å². The van der Waals surface area contributed by atoms with Crippen molar-refractivity contribution in [2.45, 2.75) is 44.8 Å². The van der Waals surface area contributed by atoms with E-state index < -0.39 is 0 Å². The molecule has 2 rings (SSSR count). The van der Waals surface area contributed by atoms with Crippen LogP contribution >= 0.6 is 0 Å². The minimum Gasteiger partial charge on any atom is -0.375 e. The SMILES string of the molecule is CCC1(C)CC(N2CCNCC2)CCO1. The van der Waals surface area contributed by atoms with Crippen LogP contribution in [0.1, 0.15) is 33.1 Å². The predicted octanol–water partition coefficient (Wildman–Crippen LogP) is 1.24. The molecule has 0 aromatic rings. The molecule has 88 valence electrons. The molecule has 0 aromatic carbocycles. The first-order chi connectivity index (χ1) is 7.23. The van der Waals surface area contributed by atoms with Gasteiger partial charge in [0.05, 0.1) is 5.60 Å². The lowest BCUT2D eigenvalue weighted by molar-refractivity contribution is -0.0975. The van der Waals surface area contributed by atoms with E-state index in [4.69, 9.17) is 4.74 Å². The molecule has 15 heavy (non-hydrogen) atoms. The Kier molecular flexibility index (Phi) is 3.65. The maximum Gasteiger partial charge on any atom is 0.0666 e. The number of rotatable bonds is 2. The summed E-state index contributed by atoms with van der Waals surface area (Å²) in [6, 6.07) is 0.755. The summed E-state index contributed by atoms with van der Waals surface area (Å²) in [5.74, 6) is 0. The summed E-state index contributed by atoms with van der Waals surface area (Å²) in [7, 11) is 0. The fraction of sp³-hybridized carbons (Fsp3) is 1.00. The number of piperazine rings is 1. The van der Waals surface area contributed by atoms with E-state index in [9.17, 15) is 0 Å². The molecular weight excluding hydrogens is 188 g/mol. The van der Waals surface area contributed by atoms with E-state index in [1.807, 2.05) is 0 Å². The van der Waals surface area contributed by atoms with Gasteiger partial charge < -0.3 is 10.1 Å². The molecule has 0 spiro atoms. The van der Waals surface area contributed by atoms with Crippen molar-refractivity contribution in [2.75, 3.05) is 32.8 Å². The van der Waals surface area contributed by atoms with E-state index in [0.29, 0.717) is 0 Å². The van der Waals surface area contributed by atoms with Crippen molar-refractivity contribution in [1.82, 2.24) is 10.2 Å². The lowest BCUT2D eigenvalue weighted by Gasteiger charge is -2.44. The number of nitrogens with one attached hydrogen (secondary N) is 1. The molecule has 3 nitrogen and oxygen atoms in total. The van der Waals surface area contributed by atoms with Crippen molar-refractivity contribution in [3.8, 4) is 0 Å². The highest BCUT2D eigenvalue weighted by Crippen LogP contribution is 2.30. The molecule has 0 amide bonds. The number of ether oxygens (including phenoxy) is 1. The van der Waals surface area contributed by atoms with Crippen molar-refractivity contribution in [3.05, 3.63) is 0 Å². The molecule has 0 saturated carbocycles. The Morgan fingerprint density at radius 2 is 2.13 bits per heavy atom. The van der Waals surface area contributed by atoms with Gasteiger partial charge >= 0.3 is 0 Å². The fourth-order valence-corrected chi connectivity index (χ4v) is 2.71. The van der Waals surface area contributed by atoms with Gasteiger partial charge in [-0.25, -0.2) is 0 Å². The van der Waals surface area contributed by atoms with Gasteiger partial charge in [0.1, 0.15) is 0 Å². The number of hydrogen-bond acceptors (Lipinski definition) is 3. The molecule has 2 aliphatic heterocycles. The molecule has 2 fully saturated rings. The summed E-state index contributed by atoms with van der Waals surface area (Å²) in [6.45, 7) is 10.2. The quantitative estimate of drug-likeness (QED) is 0.745. The summed E-state index contributed by atoms with van der Waals surface area (Å²) < 4.78 is 5.89. The third-order valence-corrected chi connectivity index (χ3v) is 3.98. The second-order valence-electron chi connectivity index (χ2n) is 5.08. The monoisotopic (exact) mass is 212 g/mol. The lowest BCUT2D eigenvalue weighted by atomic mass is 9.89. The normalized spacial score (nSPS) is 39.2. The Labute approximate surface area is 93.2 Å². The minimum absolute atomic E-state index is 0.133. The number of nitrogens with zero attached hydrogens (tertiary/aromatic N) is 1. The van der Waals surface area contributed by atoms with Crippen LogP contribution in [-0.4, -0.2) is 49.3 Å².